The van der Waals surface area contributed by atoms with E-state index in [0.717, 1.165) is 33.9 Å². The topological polar surface area (TPSA) is 49.4 Å². The Labute approximate surface area is 212 Å². The molecule has 1 heterocycles. The van der Waals surface area contributed by atoms with Crippen molar-refractivity contribution in [3.05, 3.63) is 89.0 Å². The fourth-order valence-corrected chi connectivity index (χ4v) is 6.19. The van der Waals surface area contributed by atoms with Gasteiger partial charge in [-0.3, -0.25) is 9.59 Å². The Hall–Kier alpha value is -3.05. The van der Waals surface area contributed by atoms with Gasteiger partial charge in [-0.25, -0.2) is 0 Å². The molecule has 180 valence electrons. The van der Waals surface area contributed by atoms with Crippen molar-refractivity contribution in [3.8, 4) is 0 Å². The summed E-state index contributed by atoms with van der Waals surface area (Å²) in [5, 5.41) is 3.29. The van der Waals surface area contributed by atoms with E-state index in [0.29, 0.717) is 29.5 Å². The van der Waals surface area contributed by atoms with Crippen molar-refractivity contribution < 1.29 is 9.59 Å². The Balaban J connectivity index is 1.50. The maximum atomic E-state index is 13.8. The number of carbonyl (C=O) groups is 2. The highest BCUT2D eigenvalue weighted by molar-refractivity contribution is 7.99. The highest BCUT2D eigenvalue weighted by Gasteiger charge is 2.30. The average Bonchev–Trinajstić information content (AvgIpc) is 2.97. The molecule has 3 aromatic rings. The van der Waals surface area contributed by atoms with Crippen molar-refractivity contribution in [2.75, 3.05) is 4.90 Å². The molecule has 1 aliphatic carbocycles. The van der Waals surface area contributed by atoms with Crippen molar-refractivity contribution in [1.29, 1.82) is 0 Å². The molecule has 5 heteroatoms. The zero-order valence-electron chi connectivity index (χ0n) is 20.6. The molecule has 0 radical (unpaired) electrons. The van der Waals surface area contributed by atoms with Crippen LogP contribution in [0.3, 0.4) is 0 Å². The molecular formula is C30H32N2O2S. The molecule has 3 atom stereocenters. The molecule has 1 N–H and O–H groups in total. The zero-order chi connectivity index (χ0) is 24.5. The van der Waals surface area contributed by atoms with Crippen LogP contribution in [-0.4, -0.2) is 17.9 Å². The molecule has 1 fully saturated rings. The first-order valence-electron chi connectivity index (χ1n) is 12.5. The van der Waals surface area contributed by atoms with Gasteiger partial charge in [0.1, 0.15) is 0 Å². The van der Waals surface area contributed by atoms with Gasteiger partial charge in [-0.1, -0.05) is 80.4 Å². The minimum Gasteiger partial charge on any atom is -0.349 e. The van der Waals surface area contributed by atoms with Crippen LogP contribution in [0.1, 0.15) is 65.0 Å². The molecule has 4 nitrogen and oxygen atoms in total. The highest BCUT2D eigenvalue weighted by Crippen LogP contribution is 2.42. The molecule has 0 spiro atoms. The minimum atomic E-state index is -0.0618. The van der Waals surface area contributed by atoms with Gasteiger partial charge >= 0.3 is 0 Å². The Bertz CT molecular complexity index is 1250. The number of anilines is 1. The van der Waals surface area contributed by atoms with Gasteiger partial charge in [0.2, 0.25) is 0 Å². The van der Waals surface area contributed by atoms with E-state index in [9.17, 15) is 9.59 Å². The largest absolute Gasteiger partial charge is 0.349 e. The first kappa shape index (κ1) is 23.7. The van der Waals surface area contributed by atoms with Gasteiger partial charge < -0.3 is 10.2 Å². The predicted molar refractivity (Wildman–Crippen MR) is 142 cm³/mol. The fraction of sp³-hybridized carbons (Fsp3) is 0.333. The fourth-order valence-electron chi connectivity index (χ4n) is 5.13. The smallest absolute Gasteiger partial charge is 0.259 e. The molecular weight excluding hydrogens is 452 g/mol. The predicted octanol–water partition coefficient (Wildman–Crippen LogP) is 6.86. The summed E-state index contributed by atoms with van der Waals surface area (Å²) in [6, 6.07) is 22.0. The highest BCUT2D eigenvalue weighted by atomic mass is 32.2. The number of nitrogens with one attached hydrogen (secondary N) is 1. The van der Waals surface area contributed by atoms with Crippen LogP contribution >= 0.6 is 11.8 Å². The summed E-state index contributed by atoms with van der Waals surface area (Å²) >= 11 is 1.59. The van der Waals surface area contributed by atoms with Crippen LogP contribution in [0.5, 0.6) is 0 Å². The number of rotatable bonds is 4. The Morgan fingerprint density at radius 1 is 1.00 bits per heavy atom. The van der Waals surface area contributed by atoms with E-state index in [-0.39, 0.29) is 17.9 Å². The zero-order valence-corrected chi connectivity index (χ0v) is 21.4. The van der Waals surface area contributed by atoms with E-state index >= 15 is 0 Å². The van der Waals surface area contributed by atoms with Crippen molar-refractivity contribution >= 4 is 29.3 Å². The van der Waals surface area contributed by atoms with Gasteiger partial charge in [0.05, 0.1) is 17.8 Å². The van der Waals surface area contributed by atoms with Crippen molar-refractivity contribution in [1.82, 2.24) is 5.32 Å². The van der Waals surface area contributed by atoms with Gasteiger partial charge in [-0.15, -0.1) is 0 Å². The van der Waals surface area contributed by atoms with Gasteiger partial charge in [0, 0.05) is 21.4 Å². The average molecular weight is 485 g/mol. The van der Waals surface area contributed by atoms with E-state index in [2.05, 4.69) is 50.4 Å². The quantitative estimate of drug-likeness (QED) is 0.440. The summed E-state index contributed by atoms with van der Waals surface area (Å²) in [5.41, 5.74) is 4.32. The van der Waals surface area contributed by atoms with E-state index < -0.39 is 0 Å². The van der Waals surface area contributed by atoms with Crippen LogP contribution in [0.2, 0.25) is 0 Å². The third kappa shape index (κ3) is 4.87. The first-order chi connectivity index (χ1) is 16.9. The van der Waals surface area contributed by atoms with Crippen LogP contribution in [-0.2, 0) is 6.54 Å². The lowest BCUT2D eigenvalue weighted by molar-refractivity contribution is 0.0889. The van der Waals surface area contributed by atoms with Crippen LogP contribution in [0, 0.1) is 18.8 Å². The van der Waals surface area contributed by atoms with E-state index in [1.54, 1.807) is 11.8 Å². The number of benzene rings is 3. The standard InChI is InChI=1S/C30H32N2O2S/c1-19-11-13-22(14-12-19)18-32-26-17-23(29(33)31-25-9-6-7-20(2)21(25)3)15-16-28(26)35-27-10-5-4-8-24(27)30(32)34/h4-5,8,10-17,20-21,25H,6-7,9,18H2,1-3H3,(H,31,33)/t20-,21+,25-/m1/s1. The summed E-state index contributed by atoms with van der Waals surface area (Å²) in [6.45, 7) is 7.02. The molecule has 2 amide bonds. The first-order valence-corrected chi connectivity index (χ1v) is 13.3. The molecule has 0 bridgehead atoms. The molecule has 5 rings (SSSR count). The van der Waals surface area contributed by atoms with Crippen molar-refractivity contribution in [2.24, 2.45) is 11.8 Å². The number of hydrogen-bond acceptors (Lipinski definition) is 3. The second-order valence-electron chi connectivity index (χ2n) is 10.0. The van der Waals surface area contributed by atoms with E-state index in [1.165, 1.54) is 12.0 Å². The van der Waals surface area contributed by atoms with Crippen molar-refractivity contribution in [2.45, 2.75) is 62.4 Å². The van der Waals surface area contributed by atoms with Crippen LogP contribution < -0.4 is 10.2 Å². The number of hydrogen-bond donors (Lipinski definition) is 1. The lowest BCUT2D eigenvalue weighted by Gasteiger charge is -2.34. The number of amides is 2. The van der Waals surface area contributed by atoms with Gasteiger partial charge in [-0.05, 0) is 61.1 Å². The Morgan fingerprint density at radius 3 is 2.57 bits per heavy atom. The van der Waals surface area contributed by atoms with E-state index in [1.807, 2.05) is 47.4 Å². The molecule has 0 aromatic heterocycles. The SMILES string of the molecule is Cc1ccc(CN2C(=O)c3ccccc3Sc3ccc(C(=O)N[C@@H]4CCC[C@@H](C)[C@@H]4C)cc32)cc1. The Kier molecular flexibility index (Phi) is 6.70. The maximum Gasteiger partial charge on any atom is 0.259 e. The normalized spacial score (nSPS) is 21.6. The second-order valence-corrected chi connectivity index (χ2v) is 11.1. The van der Waals surface area contributed by atoms with Gasteiger partial charge in [0.25, 0.3) is 11.8 Å². The summed E-state index contributed by atoms with van der Waals surface area (Å²) < 4.78 is 0. The third-order valence-corrected chi connectivity index (χ3v) is 8.72. The summed E-state index contributed by atoms with van der Waals surface area (Å²) in [4.78, 5) is 30.8. The molecule has 35 heavy (non-hydrogen) atoms. The molecule has 3 aromatic carbocycles. The number of carbonyl (C=O) groups excluding carboxylic acids is 2. The number of fused-ring (bicyclic) bond motifs is 2. The third-order valence-electron chi connectivity index (χ3n) is 7.58. The summed E-state index contributed by atoms with van der Waals surface area (Å²) in [5.74, 6) is 0.963. The van der Waals surface area contributed by atoms with E-state index in [4.69, 9.17) is 0 Å². The lowest BCUT2D eigenvalue weighted by Crippen LogP contribution is -2.43. The minimum absolute atomic E-state index is 0.0419. The van der Waals surface area contributed by atoms with Crippen LogP contribution in [0.15, 0.2) is 76.5 Å². The van der Waals surface area contributed by atoms with Crippen LogP contribution in [0.25, 0.3) is 0 Å². The van der Waals surface area contributed by atoms with Gasteiger partial charge in [-0.2, -0.15) is 0 Å². The Morgan fingerprint density at radius 2 is 1.77 bits per heavy atom. The number of nitrogens with zero attached hydrogens (tertiary/aromatic N) is 1. The van der Waals surface area contributed by atoms with Gasteiger partial charge in [0.15, 0.2) is 0 Å². The summed E-state index contributed by atoms with van der Waals surface area (Å²) in [6.07, 6.45) is 3.39. The number of aryl methyl sites for hydroxylation is 1. The monoisotopic (exact) mass is 484 g/mol. The lowest BCUT2D eigenvalue weighted by atomic mass is 9.78. The maximum absolute atomic E-state index is 13.8. The molecule has 0 unspecified atom stereocenters. The van der Waals surface area contributed by atoms with Crippen molar-refractivity contribution in [3.63, 3.8) is 0 Å². The molecule has 1 saturated carbocycles. The molecule has 0 saturated heterocycles. The molecule has 1 aliphatic heterocycles. The summed E-state index contributed by atoms with van der Waals surface area (Å²) in [7, 11) is 0. The second kappa shape index (κ2) is 9.90. The van der Waals surface area contributed by atoms with Crippen LogP contribution in [0.4, 0.5) is 5.69 Å². The molecule has 2 aliphatic rings.